The van der Waals surface area contributed by atoms with Gasteiger partial charge in [0.1, 0.15) is 11.4 Å². The van der Waals surface area contributed by atoms with E-state index in [9.17, 15) is 14.0 Å². The number of aliphatic carboxylic acids is 1. The number of hydrogen-bond donors (Lipinski definition) is 3. The molecule has 1 aliphatic carbocycles. The van der Waals surface area contributed by atoms with Gasteiger partial charge in [0.2, 0.25) is 0 Å². The minimum Gasteiger partial charge on any atom is -0.480 e. The van der Waals surface area contributed by atoms with Gasteiger partial charge in [-0.2, -0.15) is 5.26 Å². The molecule has 1 aromatic rings. The summed E-state index contributed by atoms with van der Waals surface area (Å²) >= 11 is 0. The fraction of sp³-hybridized carbons (Fsp3) is 0.250. The van der Waals surface area contributed by atoms with Crippen molar-refractivity contribution in [3.05, 3.63) is 29.6 Å². The van der Waals surface area contributed by atoms with Crippen LogP contribution < -0.4 is 10.6 Å². The molecule has 1 aliphatic rings. The molecule has 1 aromatic carbocycles. The van der Waals surface area contributed by atoms with E-state index >= 15 is 0 Å². The summed E-state index contributed by atoms with van der Waals surface area (Å²) in [5.41, 5.74) is -1.21. The number of carboxylic acids is 1. The zero-order valence-corrected chi connectivity index (χ0v) is 9.74. The highest BCUT2D eigenvalue weighted by atomic mass is 19.1. The predicted octanol–water partition coefficient (Wildman–Crippen LogP) is 1.44. The number of anilines is 1. The first-order valence-corrected chi connectivity index (χ1v) is 5.49. The number of carboxylic acid groups (broad SMARTS) is 1. The van der Waals surface area contributed by atoms with Gasteiger partial charge in [-0.15, -0.1) is 0 Å². The Balaban J connectivity index is 2.04. The lowest BCUT2D eigenvalue weighted by Gasteiger charge is -2.13. The van der Waals surface area contributed by atoms with E-state index in [1.807, 2.05) is 0 Å². The summed E-state index contributed by atoms with van der Waals surface area (Å²) < 4.78 is 13.5. The quantitative estimate of drug-likeness (QED) is 0.767. The lowest BCUT2D eigenvalue weighted by Crippen LogP contribution is -2.45. The zero-order chi connectivity index (χ0) is 14.0. The highest BCUT2D eigenvalue weighted by molar-refractivity contribution is 5.95. The van der Waals surface area contributed by atoms with E-state index in [-0.39, 0.29) is 11.3 Å². The minimum absolute atomic E-state index is 0.113. The summed E-state index contributed by atoms with van der Waals surface area (Å²) in [6, 6.07) is 4.56. The van der Waals surface area contributed by atoms with Crippen molar-refractivity contribution >= 4 is 17.7 Å². The summed E-state index contributed by atoms with van der Waals surface area (Å²) in [7, 11) is 0. The van der Waals surface area contributed by atoms with Crippen LogP contribution in [0.15, 0.2) is 18.2 Å². The average molecular weight is 263 g/mol. The van der Waals surface area contributed by atoms with Crippen LogP contribution in [0.2, 0.25) is 0 Å². The van der Waals surface area contributed by atoms with E-state index in [0.29, 0.717) is 12.8 Å². The van der Waals surface area contributed by atoms with E-state index in [0.717, 1.165) is 6.07 Å². The van der Waals surface area contributed by atoms with Crippen molar-refractivity contribution in [3.8, 4) is 6.07 Å². The van der Waals surface area contributed by atoms with Gasteiger partial charge >= 0.3 is 12.0 Å². The molecule has 6 nitrogen and oxygen atoms in total. The van der Waals surface area contributed by atoms with Gasteiger partial charge < -0.3 is 15.7 Å². The van der Waals surface area contributed by atoms with Gasteiger partial charge in [0, 0.05) is 0 Å². The highest BCUT2D eigenvalue weighted by Gasteiger charge is 2.51. The van der Waals surface area contributed by atoms with E-state index in [1.54, 1.807) is 6.07 Å². The third-order valence-electron chi connectivity index (χ3n) is 2.86. The van der Waals surface area contributed by atoms with E-state index in [1.165, 1.54) is 12.1 Å². The summed E-state index contributed by atoms with van der Waals surface area (Å²) in [6.45, 7) is 0. The number of carbonyl (C=O) groups is 2. The van der Waals surface area contributed by atoms with Crippen LogP contribution in [0.1, 0.15) is 18.4 Å². The molecule has 0 radical (unpaired) electrons. The molecule has 0 aromatic heterocycles. The third-order valence-corrected chi connectivity index (χ3v) is 2.86. The van der Waals surface area contributed by atoms with Gasteiger partial charge in [0.05, 0.1) is 17.3 Å². The number of halogens is 1. The largest absolute Gasteiger partial charge is 0.480 e. The summed E-state index contributed by atoms with van der Waals surface area (Å²) in [5, 5.41) is 22.0. The van der Waals surface area contributed by atoms with Gasteiger partial charge in [-0.05, 0) is 31.0 Å². The summed E-state index contributed by atoms with van der Waals surface area (Å²) in [6.07, 6.45) is 0.706. The Labute approximate surface area is 107 Å². The number of urea groups is 1. The van der Waals surface area contributed by atoms with Crippen molar-refractivity contribution in [1.29, 1.82) is 5.26 Å². The number of nitrogens with zero attached hydrogens (tertiary/aromatic N) is 1. The molecule has 0 heterocycles. The normalized spacial score (nSPS) is 15.2. The number of nitriles is 1. The van der Waals surface area contributed by atoms with Crippen molar-refractivity contribution in [2.45, 2.75) is 18.4 Å². The Morgan fingerprint density at radius 1 is 1.42 bits per heavy atom. The van der Waals surface area contributed by atoms with Crippen LogP contribution in [0.5, 0.6) is 0 Å². The molecule has 7 heteroatoms. The molecule has 0 aliphatic heterocycles. The van der Waals surface area contributed by atoms with Gasteiger partial charge in [-0.3, -0.25) is 0 Å². The molecule has 2 amide bonds. The Bertz CT molecular complexity index is 590. The second kappa shape index (κ2) is 4.57. The molecular formula is C12H10FN3O3. The smallest absolute Gasteiger partial charge is 0.329 e. The fourth-order valence-corrected chi connectivity index (χ4v) is 1.57. The number of rotatable bonds is 3. The monoisotopic (exact) mass is 263 g/mol. The molecule has 0 spiro atoms. The Hall–Kier alpha value is -2.62. The first-order valence-electron chi connectivity index (χ1n) is 5.49. The fourth-order valence-electron chi connectivity index (χ4n) is 1.57. The van der Waals surface area contributed by atoms with Gasteiger partial charge in [0.15, 0.2) is 0 Å². The maximum atomic E-state index is 13.5. The second-order valence-electron chi connectivity index (χ2n) is 4.27. The van der Waals surface area contributed by atoms with Crippen molar-refractivity contribution in [1.82, 2.24) is 5.32 Å². The second-order valence-corrected chi connectivity index (χ2v) is 4.27. The van der Waals surface area contributed by atoms with E-state index in [4.69, 9.17) is 10.4 Å². The zero-order valence-electron chi connectivity index (χ0n) is 9.74. The van der Waals surface area contributed by atoms with Gasteiger partial charge in [0.25, 0.3) is 0 Å². The van der Waals surface area contributed by atoms with Gasteiger partial charge in [-0.1, -0.05) is 0 Å². The molecule has 1 fully saturated rings. The topological polar surface area (TPSA) is 102 Å². The molecule has 19 heavy (non-hydrogen) atoms. The molecule has 2 rings (SSSR count). The maximum absolute atomic E-state index is 13.5. The lowest BCUT2D eigenvalue weighted by molar-refractivity contribution is -0.140. The average Bonchev–Trinajstić information content (AvgIpc) is 3.12. The molecule has 98 valence electrons. The Morgan fingerprint density at radius 3 is 2.58 bits per heavy atom. The highest BCUT2D eigenvalue weighted by Crippen LogP contribution is 2.35. The molecular weight excluding hydrogens is 253 g/mol. The van der Waals surface area contributed by atoms with Crippen LogP contribution in [0.4, 0.5) is 14.9 Å². The number of hydrogen-bond acceptors (Lipinski definition) is 3. The van der Waals surface area contributed by atoms with E-state index in [2.05, 4.69) is 10.6 Å². The van der Waals surface area contributed by atoms with Crippen LogP contribution in [-0.4, -0.2) is 22.6 Å². The van der Waals surface area contributed by atoms with Crippen molar-refractivity contribution in [2.24, 2.45) is 0 Å². The Morgan fingerprint density at radius 2 is 2.11 bits per heavy atom. The molecule has 0 unspecified atom stereocenters. The van der Waals surface area contributed by atoms with Crippen molar-refractivity contribution in [2.75, 3.05) is 5.32 Å². The number of benzene rings is 1. The SMILES string of the molecule is N#Cc1ccc(NC(=O)NC2(C(=O)O)CC2)c(F)c1. The Kier molecular flexibility index (Phi) is 3.09. The van der Waals surface area contributed by atoms with Crippen LogP contribution in [0.25, 0.3) is 0 Å². The number of nitrogens with one attached hydrogen (secondary N) is 2. The number of carbonyl (C=O) groups excluding carboxylic acids is 1. The van der Waals surface area contributed by atoms with Crippen LogP contribution in [0, 0.1) is 17.1 Å². The summed E-state index contributed by atoms with van der Waals surface area (Å²) in [4.78, 5) is 22.4. The van der Waals surface area contributed by atoms with Gasteiger partial charge in [-0.25, -0.2) is 14.0 Å². The first-order chi connectivity index (χ1) is 8.97. The molecule has 1 saturated carbocycles. The predicted molar refractivity (Wildman–Crippen MR) is 62.9 cm³/mol. The molecule has 0 atom stereocenters. The molecule has 0 saturated heterocycles. The molecule has 3 N–H and O–H groups in total. The van der Waals surface area contributed by atoms with Crippen molar-refractivity contribution < 1.29 is 19.1 Å². The van der Waals surface area contributed by atoms with Crippen molar-refractivity contribution in [3.63, 3.8) is 0 Å². The first kappa shape index (κ1) is 12.8. The van der Waals surface area contributed by atoms with Crippen LogP contribution >= 0.6 is 0 Å². The standard InChI is InChI=1S/C12H10FN3O3/c13-8-5-7(6-14)1-2-9(8)15-11(19)16-12(3-4-12)10(17)18/h1-2,5H,3-4H2,(H,17,18)(H2,15,16,19). The van der Waals surface area contributed by atoms with Crippen LogP contribution in [0.3, 0.4) is 0 Å². The molecule has 0 bridgehead atoms. The minimum atomic E-state index is -1.23. The maximum Gasteiger partial charge on any atom is 0.329 e. The number of amides is 2. The lowest BCUT2D eigenvalue weighted by atomic mass is 10.2. The van der Waals surface area contributed by atoms with Crippen LogP contribution in [-0.2, 0) is 4.79 Å². The third kappa shape index (κ3) is 2.63. The summed E-state index contributed by atoms with van der Waals surface area (Å²) in [5.74, 6) is -1.86. The van der Waals surface area contributed by atoms with E-state index < -0.39 is 23.4 Å².